The summed E-state index contributed by atoms with van der Waals surface area (Å²) in [5.41, 5.74) is -2.59. The van der Waals surface area contributed by atoms with Gasteiger partial charge in [-0.2, -0.15) is 0 Å². The van der Waals surface area contributed by atoms with E-state index in [0.29, 0.717) is 6.29 Å². The lowest BCUT2D eigenvalue weighted by Crippen LogP contribution is -2.80. The van der Waals surface area contributed by atoms with Crippen LogP contribution in [0.2, 0.25) is 0 Å². The summed E-state index contributed by atoms with van der Waals surface area (Å²) in [6.45, 7) is 1.62. The third kappa shape index (κ3) is 1.65. The summed E-state index contributed by atoms with van der Waals surface area (Å²) in [6, 6.07) is 0. The van der Waals surface area contributed by atoms with Crippen molar-refractivity contribution in [1.29, 1.82) is 0 Å². The Morgan fingerprint density at radius 3 is 2.90 bits per heavy atom. The highest BCUT2D eigenvalue weighted by atomic mass is 16.6. The van der Waals surface area contributed by atoms with E-state index in [4.69, 9.17) is 4.74 Å². The highest BCUT2D eigenvalue weighted by molar-refractivity contribution is 6.02. The van der Waals surface area contributed by atoms with E-state index in [2.05, 4.69) is 5.32 Å². The Kier molecular flexibility index (Phi) is 3.16. The molecule has 2 N–H and O–H groups in total. The number of aliphatic hydroxyl groups excluding tert-OH is 1. The van der Waals surface area contributed by atoms with Gasteiger partial charge in [-0.3, -0.25) is 4.79 Å². The van der Waals surface area contributed by atoms with Crippen LogP contribution in [0.15, 0.2) is 12.2 Å². The first kappa shape index (κ1) is 14.3. The number of esters is 1. The second kappa shape index (κ2) is 4.66. The molecule has 1 aliphatic carbocycles. The zero-order valence-electron chi connectivity index (χ0n) is 11.9. The van der Waals surface area contributed by atoms with Gasteiger partial charge in [0, 0.05) is 12.3 Å². The van der Waals surface area contributed by atoms with Crippen molar-refractivity contribution in [2.75, 3.05) is 0 Å². The molecule has 6 heteroatoms. The number of nitrogens with one attached hydrogen (secondary N) is 1. The third-order valence-electron chi connectivity index (χ3n) is 5.18. The molecule has 114 valence electrons. The molecule has 2 fully saturated rings. The zero-order valence-corrected chi connectivity index (χ0v) is 11.9. The van der Waals surface area contributed by atoms with Gasteiger partial charge in [0.15, 0.2) is 5.60 Å². The molecule has 21 heavy (non-hydrogen) atoms. The number of ether oxygens (including phenoxy) is 1. The third-order valence-corrected chi connectivity index (χ3v) is 5.18. The average molecular weight is 293 g/mol. The quantitative estimate of drug-likeness (QED) is 0.435. The number of carbonyl (C=O) groups is 3. The van der Waals surface area contributed by atoms with Gasteiger partial charge in [0.2, 0.25) is 11.4 Å². The highest BCUT2D eigenvalue weighted by Crippen LogP contribution is 2.53. The molecule has 0 bridgehead atoms. The average Bonchev–Trinajstić information content (AvgIpc) is 2.65. The number of aldehydes is 1. The van der Waals surface area contributed by atoms with Gasteiger partial charge in [0.25, 0.3) is 0 Å². The number of rotatable bonds is 4. The maximum Gasteiger partial charge on any atom is 0.339 e. The summed E-state index contributed by atoms with van der Waals surface area (Å²) in [6.07, 6.45) is 6.11. The Morgan fingerprint density at radius 2 is 2.33 bits per heavy atom. The number of aliphatic hydroxyl groups is 1. The molecule has 3 aliphatic rings. The molecule has 1 amide bonds. The molecule has 3 rings (SSSR count). The van der Waals surface area contributed by atoms with E-state index in [1.807, 2.05) is 12.2 Å². The summed E-state index contributed by atoms with van der Waals surface area (Å²) in [5, 5.41) is 13.4. The summed E-state index contributed by atoms with van der Waals surface area (Å²) in [5.74, 6) is -1.95. The van der Waals surface area contributed by atoms with Crippen molar-refractivity contribution in [2.24, 2.45) is 11.8 Å². The predicted molar refractivity (Wildman–Crippen MR) is 72.0 cm³/mol. The molecule has 0 aromatic rings. The topological polar surface area (TPSA) is 92.7 Å². The Bertz CT molecular complexity index is 530. The Morgan fingerprint density at radius 1 is 1.57 bits per heavy atom. The van der Waals surface area contributed by atoms with E-state index in [1.54, 1.807) is 6.92 Å². The minimum atomic E-state index is -1.43. The molecule has 0 unspecified atom stereocenters. The van der Waals surface area contributed by atoms with E-state index in [-0.39, 0.29) is 12.3 Å². The first-order valence-corrected chi connectivity index (χ1v) is 7.31. The van der Waals surface area contributed by atoms with Gasteiger partial charge in [-0.05, 0) is 26.2 Å². The standard InChI is InChI=1S/C15H19NO5/c1-14-10(7-8-17)12(19)16-15(14,13(20)21-14)11(18)9-5-3-2-4-6-9/h3,5,8-11,18H,2,4,6-7H2,1H3,(H,16,19)/t9-,10+,11-,14+,15+/m1/s1. The lowest BCUT2D eigenvalue weighted by atomic mass is 9.64. The first-order valence-electron chi connectivity index (χ1n) is 7.31. The molecule has 0 aromatic heterocycles. The summed E-state index contributed by atoms with van der Waals surface area (Å²) in [7, 11) is 0. The van der Waals surface area contributed by atoms with Crippen LogP contribution in [-0.2, 0) is 19.1 Å². The largest absolute Gasteiger partial charge is 0.453 e. The Hall–Kier alpha value is -1.69. The molecular weight excluding hydrogens is 274 g/mol. The van der Waals surface area contributed by atoms with Crippen molar-refractivity contribution in [1.82, 2.24) is 5.32 Å². The van der Waals surface area contributed by atoms with Crippen molar-refractivity contribution in [2.45, 2.75) is 49.9 Å². The fourth-order valence-corrected chi connectivity index (χ4v) is 3.90. The van der Waals surface area contributed by atoms with Gasteiger partial charge >= 0.3 is 5.97 Å². The Labute approximate surface area is 122 Å². The van der Waals surface area contributed by atoms with E-state index >= 15 is 0 Å². The van der Waals surface area contributed by atoms with E-state index in [0.717, 1.165) is 19.3 Å². The van der Waals surface area contributed by atoms with Gasteiger partial charge in [0.1, 0.15) is 6.29 Å². The van der Waals surface area contributed by atoms with Crippen molar-refractivity contribution >= 4 is 18.2 Å². The number of fused-ring (bicyclic) bond motifs is 1. The molecule has 2 heterocycles. The molecule has 6 nitrogen and oxygen atoms in total. The number of hydrogen-bond donors (Lipinski definition) is 2. The van der Waals surface area contributed by atoms with Crippen LogP contribution in [0, 0.1) is 11.8 Å². The van der Waals surface area contributed by atoms with Crippen LogP contribution in [0.5, 0.6) is 0 Å². The van der Waals surface area contributed by atoms with Crippen molar-refractivity contribution < 1.29 is 24.2 Å². The summed E-state index contributed by atoms with van der Waals surface area (Å²) < 4.78 is 5.24. The fraction of sp³-hybridized carbons (Fsp3) is 0.667. The van der Waals surface area contributed by atoms with Crippen LogP contribution >= 0.6 is 0 Å². The lowest BCUT2D eigenvalue weighted by Gasteiger charge is -2.54. The zero-order chi connectivity index (χ0) is 15.3. The molecule has 2 saturated heterocycles. The summed E-state index contributed by atoms with van der Waals surface area (Å²) in [4.78, 5) is 35.0. The van der Waals surface area contributed by atoms with Crippen LogP contribution in [0.3, 0.4) is 0 Å². The van der Waals surface area contributed by atoms with Crippen LogP contribution in [0.4, 0.5) is 0 Å². The maximum atomic E-state index is 12.1. The van der Waals surface area contributed by atoms with Crippen LogP contribution in [-0.4, -0.2) is 40.5 Å². The lowest BCUT2D eigenvalue weighted by molar-refractivity contribution is -0.238. The molecule has 0 spiro atoms. The van der Waals surface area contributed by atoms with Crippen LogP contribution in [0.25, 0.3) is 0 Å². The summed E-state index contributed by atoms with van der Waals surface area (Å²) >= 11 is 0. The highest BCUT2D eigenvalue weighted by Gasteiger charge is 2.79. The predicted octanol–water partition coefficient (Wildman–Crippen LogP) is 0.0929. The fourth-order valence-electron chi connectivity index (χ4n) is 3.90. The van der Waals surface area contributed by atoms with Gasteiger partial charge in [-0.15, -0.1) is 0 Å². The van der Waals surface area contributed by atoms with Crippen molar-refractivity contribution in [3.63, 3.8) is 0 Å². The first-order chi connectivity index (χ1) is 9.97. The van der Waals surface area contributed by atoms with Gasteiger partial charge in [-0.25, -0.2) is 4.79 Å². The minimum Gasteiger partial charge on any atom is -0.453 e. The SMILES string of the molecule is C[C@@]12OC(=O)[C@]1([C@H](O)[C@@H]1C=CCCC1)NC(=O)[C@@H]2CC=O. The Balaban J connectivity index is 1.96. The van der Waals surface area contributed by atoms with Gasteiger partial charge < -0.3 is 20.0 Å². The van der Waals surface area contributed by atoms with Crippen LogP contribution in [0.1, 0.15) is 32.6 Å². The molecule has 0 aromatic carbocycles. The van der Waals surface area contributed by atoms with Gasteiger partial charge in [-0.1, -0.05) is 12.2 Å². The monoisotopic (exact) mass is 293 g/mol. The number of carbonyl (C=O) groups excluding carboxylic acids is 3. The van der Waals surface area contributed by atoms with Crippen molar-refractivity contribution in [3.05, 3.63) is 12.2 Å². The second-order valence-electron chi connectivity index (χ2n) is 6.22. The van der Waals surface area contributed by atoms with E-state index in [9.17, 15) is 19.5 Å². The number of amides is 1. The molecule has 2 aliphatic heterocycles. The van der Waals surface area contributed by atoms with Crippen molar-refractivity contribution in [3.8, 4) is 0 Å². The maximum absolute atomic E-state index is 12.1. The number of hydrogen-bond acceptors (Lipinski definition) is 5. The smallest absolute Gasteiger partial charge is 0.339 e. The molecule has 0 radical (unpaired) electrons. The van der Waals surface area contributed by atoms with E-state index < -0.39 is 35.0 Å². The molecule has 0 saturated carbocycles. The second-order valence-corrected chi connectivity index (χ2v) is 6.22. The van der Waals surface area contributed by atoms with Crippen LogP contribution < -0.4 is 5.32 Å². The normalized spacial score (nSPS) is 42.6. The molecule has 5 atom stereocenters. The van der Waals surface area contributed by atoms with Gasteiger partial charge in [0.05, 0.1) is 12.0 Å². The minimum absolute atomic E-state index is 0.0232. The molecular formula is C15H19NO5. The number of allylic oxidation sites excluding steroid dienone is 1. The van der Waals surface area contributed by atoms with E-state index in [1.165, 1.54) is 0 Å².